The lowest BCUT2D eigenvalue weighted by atomic mass is 10.1. The number of halogens is 1. The fraction of sp³-hybridized carbons (Fsp3) is 0.538. The smallest absolute Gasteiger partial charge is 0.287 e. The molecule has 1 aromatic rings. The monoisotopic (exact) mass is 298 g/mol. The summed E-state index contributed by atoms with van der Waals surface area (Å²) in [5, 5.41) is 4.28. The van der Waals surface area contributed by atoms with E-state index in [1.807, 2.05) is 11.8 Å². The molecule has 1 aliphatic rings. The van der Waals surface area contributed by atoms with Crippen LogP contribution in [-0.2, 0) is 11.3 Å². The summed E-state index contributed by atoms with van der Waals surface area (Å²) in [5.74, 6) is 0. The summed E-state index contributed by atoms with van der Waals surface area (Å²) >= 11 is 6.17. The fourth-order valence-electron chi connectivity index (χ4n) is 2.14. The van der Waals surface area contributed by atoms with Crippen LogP contribution in [0.15, 0.2) is 23.6 Å². The average Bonchev–Trinajstić information content (AvgIpc) is 2.44. The van der Waals surface area contributed by atoms with Crippen molar-refractivity contribution < 1.29 is 4.74 Å². The van der Waals surface area contributed by atoms with Gasteiger partial charge in [0.15, 0.2) is 0 Å². The molecule has 110 valence electrons. The molecule has 0 spiro atoms. The van der Waals surface area contributed by atoms with Crippen molar-refractivity contribution in [2.75, 3.05) is 24.6 Å². The van der Waals surface area contributed by atoms with Crippen LogP contribution in [0.1, 0.15) is 6.92 Å². The largest absolute Gasteiger partial charge is 0.373 e. The Morgan fingerprint density at radius 3 is 3.15 bits per heavy atom. The first-order chi connectivity index (χ1) is 9.54. The Morgan fingerprint density at radius 1 is 1.75 bits per heavy atom. The van der Waals surface area contributed by atoms with Crippen LogP contribution in [0.3, 0.4) is 0 Å². The lowest BCUT2D eigenvalue weighted by Gasteiger charge is -2.36. The van der Waals surface area contributed by atoms with Gasteiger partial charge in [-0.3, -0.25) is 4.79 Å². The third-order valence-electron chi connectivity index (χ3n) is 3.29. The zero-order valence-corrected chi connectivity index (χ0v) is 12.2. The van der Waals surface area contributed by atoms with Gasteiger partial charge in [0.25, 0.3) is 5.56 Å². The first kappa shape index (κ1) is 15.0. The van der Waals surface area contributed by atoms with Crippen LogP contribution in [0.5, 0.6) is 0 Å². The van der Waals surface area contributed by atoms with Gasteiger partial charge in [-0.2, -0.15) is 5.10 Å². The van der Waals surface area contributed by atoms with Crippen molar-refractivity contribution in [2.45, 2.75) is 25.6 Å². The van der Waals surface area contributed by atoms with Crippen LogP contribution >= 0.6 is 11.6 Å². The Morgan fingerprint density at radius 2 is 2.50 bits per heavy atom. The fourth-order valence-corrected chi connectivity index (χ4v) is 2.41. The molecule has 2 rings (SSSR count). The van der Waals surface area contributed by atoms with E-state index in [1.165, 1.54) is 4.68 Å². The van der Waals surface area contributed by atoms with Crippen molar-refractivity contribution in [3.05, 3.63) is 34.2 Å². The summed E-state index contributed by atoms with van der Waals surface area (Å²) in [5.41, 5.74) is 6.18. The highest BCUT2D eigenvalue weighted by atomic mass is 35.5. The highest BCUT2D eigenvalue weighted by Gasteiger charge is 2.25. The second kappa shape index (κ2) is 6.39. The Kier molecular flexibility index (Phi) is 4.80. The standard InChI is InChI=1S/C13H19ClN4O2/c1-3-4-18-13(19)12(14)10(7-16-18)17-5-6-20-11(8-17)9(2)15/h3,7,9,11H,1,4-6,8,15H2,2H3. The highest BCUT2D eigenvalue weighted by Crippen LogP contribution is 2.23. The van der Waals surface area contributed by atoms with E-state index in [1.54, 1.807) is 12.3 Å². The molecule has 2 atom stereocenters. The van der Waals surface area contributed by atoms with E-state index in [2.05, 4.69) is 11.7 Å². The van der Waals surface area contributed by atoms with Crippen LogP contribution in [0.25, 0.3) is 0 Å². The van der Waals surface area contributed by atoms with E-state index >= 15 is 0 Å². The molecule has 2 N–H and O–H groups in total. The van der Waals surface area contributed by atoms with Crippen molar-refractivity contribution in [3.63, 3.8) is 0 Å². The normalized spacial score (nSPS) is 20.8. The molecular weight excluding hydrogens is 280 g/mol. The van der Waals surface area contributed by atoms with Gasteiger partial charge >= 0.3 is 0 Å². The van der Waals surface area contributed by atoms with E-state index in [4.69, 9.17) is 22.1 Å². The van der Waals surface area contributed by atoms with Crippen LogP contribution in [0.2, 0.25) is 5.02 Å². The number of allylic oxidation sites excluding steroid dienone is 1. The number of aromatic nitrogens is 2. The number of hydrogen-bond donors (Lipinski definition) is 1. The lowest BCUT2D eigenvalue weighted by Crippen LogP contribution is -2.50. The van der Waals surface area contributed by atoms with Crippen LogP contribution in [-0.4, -0.2) is 41.6 Å². The molecule has 0 aliphatic carbocycles. The van der Waals surface area contributed by atoms with E-state index in [0.717, 1.165) is 0 Å². The summed E-state index contributed by atoms with van der Waals surface area (Å²) in [6, 6.07) is -0.0781. The molecule has 0 amide bonds. The minimum atomic E-state index is -0.312. The summed E-state index contributed by atoms with van der Waals surface area (Å²) < 4.78 is 6.88. The molecule has 1 saturated heterocycles. The van der Waals surface area contributed by atoms with Gasteiger partial charge in [0.1, 0.15) is 5.02 Å². The lowest BCUT2D eigenvalue weighted by molar-refractivity contribution is 0.0275. The summed E-state index contributed by atoms with van der Waals surface area (Å²) in [6.45, 7) is 7.64. The van der Waals surface area contributed by atoms with Crippen LogP contribution in [0.4, 0.5) is 5.69 Å². The van der Waals surface area contributed by atoms with Crippen molar-refractivity contribution >= 4 is 17.3 Å². The second-order valence-electron chi connectivity index (χ2n) is 4.83. The van der Waals surface area contributed by atoms with Gasteiger partial charge in [0.05, 0.1) is 31.1 Å². The van der Waals surface area contributed by atoms with Gasteiger partial charge in [-0.1, -0.05) is 17.7 Å². The maximum absolute atomic E-state index is 12.1. The molecule has 0 aromatic carbocycles. The van der Waals surface area contributed by atoms with Gasteiger partial charge in [-0.05, 0) is 6.92 Å². The van der Waals surface area contributed by atoms with Crippen molar-refractivity contribution in [2.24, 2.45) is 5.73 Å². The van der Waals surface area contributed by atoms with Gasteiger partial charge in [0.2, 0.25) is 0 Å². The summed E-state index contributed by atoms with van der Waals surface area (Å²) in [6.07, 6.45) is 3.14. The Balaban J connectivity index is 2.26. The Labute approximate surface area is 122 Å². The van der Waals surface area contributed by atoms with Crippen molar-refractivity contribution in [1.82, 2.24) is 9.78 Å². The number of ether oxygens (including phenoxy) is 1. The van der Waals surface area contributed by atoms with E-state index in [0.29, 0.717) is 31.9 Å². The molecule has 2 unspecified atom stereocenters. The molecular formula is C13H19ClN4O2. The molecule has 6 nitrogen and oxygen atoms in total. The molecule has 1 aromatic heterocycles. The van der Waals surface area contributed by atoms with Gasteiger partial charge < -0.3 is 15.4 Å². The zero-order valence-electron chi connectivity index (χ0n) is 11.5. The maximum Gasteiger partial charge on any atom is 0.287 e. The number of anilines is 1. The molecule has 1 fully saturated rings. The third kappa shape index (κ3) is 3.03. The van der Waals surface area contributed by atoms with Crippen LogP contribution < -0.4 is 16.2 Å². The minimum Gasteiger partial charge on any atom is -0.373 e. The molecule has 0 saturated carbocycles. The predicted octanol–water partition coefficient (Wildman–Crippen LogP) is 0.635. The molecule has 7 heteroatoms. The highest BCUT2D eigenvalue weighted by molar-refractivity contribution is 6.33. The molecule has 2 heterocycles. The number of nitrogens with zero attached hydrogens (tertiary/aromatic N) is 3. The number of nitrogens with two attached hydrogens (primary N) is 1. The van der Waals surface area contributed by atoms with Crippen LogP contribution in [0, 0.1) is 0 Å². The van der Waals surface area contributed by atoms with Gasteiger partial charge in [-0.25, -0.2) is 4.68 Å². The quantitative estimate of drug-likeness (QED) is 0.826. The van der Waals surface area contributed by atoms with Crippen molar-refractivity contribution in [3.8, 4) is 0 Å². The first-order valence-electron chi connectivity index (χ1n) is 6.53. The van der Waals surface area contributed by atoms with Crippen molar-refractivity contribution in [1.29, 1.82) is 0 Å². The van der Waals surface area contributed by atoms with Gasteiger partial charge in [0, 0.05) is 19.1 Å². The molecule has 0 radical (unpaired) electrons. The minimum absolute atomic E-state index is 0.0737. The Hall–Kier alpha value is -1.37. The van der Waals surface area contributed by atoms with Gasteiger partial charge in [-0.15, -0.1) is 6.58 Å². The average molecular weight is 299 g/mol. The first-order valence-corrected chi connectivity index (χ1v) is 6.91. The van der Waals surface area contributed by atoms with E-state index in [-0.39, 0.29) is 22.7 Å². The molecule has 0 bridgehead atoms. The SMILES string of the molecule is C=CCn1ncc(N2CCOC(C(C)N)C2)c(Cl)c1=O. The summed E-state index contributed by atoms with van der Waals surface area (Å²) in [4.78, 5) is 14.1. The number of morpholine rings is 1. The maximum atomic E-state index is 12.1. The predicted molar refractivity (Wildman–Crippen MR) is 79.3 cm³/mol. The third-order valence-corrected chi connectivity index (χ3v) is 3.64. The second-order valence-corrected chi connectivity index (χ2v) is 5.21. The van der Waals surface area contributed by atoms with E-state index < -0.39 is 0 Å². The number of hydrogen-bond acceptors (Lipinski definition) is 5. The molecule has 20 heavy (non-hydrogen) atoms. The van der Waals surface area contributed by atoms with E-state index in [9.17, 15) is 4.79 Å². The Bertz CT molecular complexity index is 544. The topological polar surface area (TPSA) is 73.4 Å². The zero-order chi connectivity index (χ0) is 14.7. The molecule has 1 aliphatic heterocycles. The number of rotatable bonds is 4. The summed E-state index contributed by atoms with van der Waals surface area (Å²) in [7, 11) is 0.